The lowest BCUT2D eigenvalue weighted by molar-refractivity contribution is 0.585. The highest BCUT2D eigenvalue weighted by molar-refractivity contribution is 7.99. The Hall–Kier alpha value is 1.11. The molecule has 0 aromatic rings. The smallest absolute Gasteiger partial charge is 0.218 e. The highest BCUT2D eigenvalue weighted by Gasteiger charge is 2.47. The molecule has 0 aliphatic rings. The topological polar surface area (TPSA) is 34.1 Å². The molecule has 0 fully saturated rings. The summed E-state index contributed by atoms with van der Waals surface area (Å²) in [6.45, 7) is 2.18. The van der Waals surface area contributed by atoms with E-state index in [1.54, 1.807) is 0 Å². The van der Waals surface area contributed by atoms with Gasteiger partial charge >= 0.3 is 0 Å². The summed E-state index contributed by atoms with van der Waals surface area (Å²) in [4.78, 5) is 0. The van der Waals surface area contributed by atoms with Gasteiger partial charge in [-0.05, 0) is 13.8 Å². The first-order valence-electron chi connectivity index (χ1n) is 2.50. The molecule has 0 heterocycles. The normalized spacial score (nSPS) is 15.1. The van der Waals surface area contributed by atoms with E-state index in [0.717, 1.165) is 13.8 Å². The number of halogens is 4. The van der Waals surface area contributed by atoms with Gasteiger partial charge in [0.15, 0.2) is 0 Å². The molecule has 0 aromatic heterocycles. The predicted molar refractivity (Wildman–Crippen MR) is 49.1 cm³/mol. The monoisotopic (exact) mass is 258 g/mol. The van der Waals surface area contributed by atoms with E-state index in [1.165, 1.54) is 0 Å². The molecule has 0 aliphatic carbocycles. The van der Waals surface area contributed by atoms with E-state index in [0.29, 0.717) is 0 Å². The van der Waals surface area contributed by atoms with Crippen molar-refractivity contribution in [3.05, 3.63) is 0 Å². The van der Waals surface area contributed by atoms with Crippen molar-refractivity contribution in [3.63, 3.8) is 0 Å². The molecule has 0 spiro atoms. The molecule has 0 aromatic carbocycles. The van der Waals surface area contributed by atoms with Crippen molar-refractivity contribution in [2.45, 2.75) is 21.2 Å². The summed E-state index contributed by atoms with van der Waals surface area (Å²) < 4.78 is 18.4. The fourth-order valence-corrected chi connectivity index (χ4v) is 3.27. The van der Waals surface area contributed by atoms with Crippen LogP contribution in [0.2, 0.25) is 0 Å². The molecular formula is C4H6Cl4O2S. The van der Waals surface area contributed by atoms with Crippen LogP contribution in [0.25, 0.3) is 0 Å². The second-order valence-corrected chi connectivity index (χ2v) is 9.07. The van der Waals surface area contributed by atoms with Crippen molar-refractivity contribution in [3.8, 4) is 0 Å². The van der Waals surface area contributed by atoms with Crippen molar-refractivity contribution >= 4 is 56.2 Å². The van der Waals surface area contributed by atoms with Crippen LogP contribution in [0.4, 0.5) is 0 Å². The highest BCUT2D eigenvalue weighted by atomic mass is 35.5. The quantitative estimate of drug-likeness (QED) is 0.715. The lowest BCUT2D eigenvalue weighted by Crippen LogP contribution is -2.35. The zero-order chi connectivity index (χ0) is 9.50. The zero-order valence-electron chi connectivity index (χ0n) is 5.74. The van der Waals surface area contributed by atoms with Crippen LogP contribution in [0.3, 0.4) is 0 Å². The second kappa shape index (κ2) is 3.11. The third-order valence-corrected chi connectivity index (χ3v) is 5.27. The van der Waals surface area contributed by atoms with E-state index in [-0.39, 0.29) is 0 Å². The van der Waals surface area contributed by atoms with E-state index in [4.69, 9.17) is 46.4 Å². The van der Waals surface area contributed by atoms with Gasteiger partial charge in [0.2, 0.25) is 17.2 Å². The lowest BCUT2D eigenvalue weighted by Gasteiger charge is -2.21. The summed E-state index contributed by atoms with van der Waals surface area (Å²) in [5, 5.41) is 0. The number of rotatable bonds is 2. The van der Waals surface area contributed by atoms with E-state index in [9.17, 15) is 8.42 Å². The van der Waals surface area contributed by atoms with Gasteiger partial charge in [-0.2, -0.15) is 0 Å². The van der Waals surface area contributed by atoms with E-state index < -0.39 is 17.2 Å². The van der Waals surface area contributed by atoms with Crippen LogP contribution >= 0.6 is 46.4 Å². The highest BCUT2D eigenvalue weighted by Crippen LogP contribution is 2.40. The molecule has 0 N–H and O–H groups in total. The average Bonchev–Trinajstić information content (AvgIpc) is 1.58. The van der Waals surface area contributed by atoms with Gasteiger partial charge in [0.05, 0.1) is 0 Å². The molecule has 0 aliphatic heterocycles. The summed E-state index contributed by atoms with van der Waals surface area (Å²) in [6.07, 6.45) is 0. The Morgan fingerprint density at radius 3 is 1.09 bits per heavy atom. The standard InChI is InChI=1S/C4H6Cl4O2S/c1-3(5,6)11(9,10)4(2,7)8/h1-2H3. The Morgan fingerprint density at radius 1 is 0.909 bits per heavy atom. The maximum atomic E-state index is 11.1. The van der Waals surface area contributed by atoms with E-state index >= 15 is 0 Å². The second-order valence-electron chi connectivity index (χ2n) is 2.12. The first kappa shape index (κ1) is 12.1. The van der Waals surface area contributed by atoms with Crippen molar-refractivity contribution in [1.82, 2.24) is 0 Å². The Labute approximate surface area is 85.7 Å². The molecule has 0 bridgehead atoms. The first-order valence-corrected chi connectivity index (χ1v) is 5.49. The van der Waals surface area contributed by atoms with Gasteiger partial charge in [0.25, 0.3) is 0 Å². The molecule has 2 nitrogen and oxygen atoms in total. The van der Waals surface area contributed by atoms with Crippen molar-refractivity contribution in [2.75, 3.05) is 0 Å². The Balaban J connectivity index is 5.11. The SMILES string of the molecule is CC(Cl)(Cl)S(=O)(=O)C(C)(Cl)Cl. The van der Waals surface area contributed by atoms with Crippen molar-refractivity contribution < 1.29 is 8.42 Å². The van der Waals surface area contributed by atoms with Crippen LogP contribution < -0.4 is 0 Å². The Bertz CT molecular complexity index is 212. The maximum Gasteiger partial charge on any atom is 0.218 e. The molecule has 0 rings (SSSR count). The number of alkyl halides is 4. The summed E-state index contributed by atoms with van der Waals surface area (Å²) in [7, 11) is -3.95. The molecule has 68 valence electrons. The third-order valence-electron chi connectivity index (χ3n) is 0.944. The molecule has 0 amide bonds. The fourth-order valence-electron chi connectivity index (χ4n) is 0.315. The van der Waals surface area contributed by atoms with Gasteiger partial charge in [0, 0.05) is 0 Å². The van der Waals surface area contributed by atoms with Crippen LogP contribution in [0.15, 0.2) is 0 Å². The van der Waals surface area contributed by atoms with Crippen LogP contribution in [0.1, 0.15) is 13.8 Å². The molecule has 0 radical (unpaired) electrons. The van der Waals surface area contributed by atoms with Gasteiger partial charge in [-0.15, -0.1) is 0 Å². The van der Waals surface area contributed by atoms with Gasteiger partial charge < -0.3 is 0 Å². The zero-order valence-corrected chi connectivity index (χ0v) is 9.58. The molecule has 11 heavy (non-hydrogen) atoms. The summed E-state index contributed by atoms with van der Waals surface area (Å²) >= 11 is 21.3. The maximum absolute atomic E-state index is 11.1. The van der Waals surface area contributed by atoms with Crippen LogP contribution in [-0.2, 0) is 9.84 Å². The number of hydrogen-bond donors (Lipinski definition) is 0. The molecule has 0 saturated carbocycles. The van der Waals surface area contributed by atoms with Gasteiger partial charge in [-0.3, -0.25) is 0 Å². The summed E-state index contributed by atoms with van der Waals surface area (Å²) in [6, 6.07) is 0. The van der Waals surface area contributed by atoms with Crippen LogP contribution in [-0.4, -0.2) is 15.7 Å². The summed E-state index contributed by atoms with van der Waals surface area (Å²) in [5.74, 6) is 0. The van der Waals surface area contributed by atoms with Gasteiger partial charge in [0.1, 0.15) is 0 Å². The van der Waals surface area contributed by atoms with E-state index in [1.807, 2.05) is 0 Å². The average molecular weight is 260 g/mol. The van der Waals surface area contributed by atoms with E-state index in [2.05, 4.69) is 0 Å². The predicted octanol–water partition coefficient (Wildman–Crippen LogP) is 2.70. The minimum atomic E-state index is -3.95. The van der Waals surface area contributed by atoms with Crippen LogP contribution in [0, 0.1) is 0 Å². The molecule has 7 heteroatoms. The minimum Gasteiger partial charge on any atom is -0.223 e. The molecular weight excluding hydrogens is 254 g/mol. The van der Waals surface area contributed by atoms with Crippen LogP contribution in [0.5, 0.6) is 0 Å². The number of sulfone groups is 1. The largest absolute Gasteiger partial charge is 0.223 e. The molecule has 0 atom stereocenters. The third kappa shape index (κ3) is 2.52. The Morgan fingerprint density at radius 2 is 1.09 bits per heavy atom. The lowest BCUT2D eigenvalue weighted by atomic mass is 10.9. The van der Waals surface area contributed by atoms with Gasteiger partial charge in [-0.1, -0.05) is 46.4 Å². The first-order chi connectivity index (χ1) is 4.50. The minimum absolute atomic E-state index is 1.09. The fraction of sp³-hybridized carbons (Fsp3) is 1.00. The number of hydrogen-bond acceptors (Lipinski definition) is 2. The summed E-state index contributed by atoms with van der Waals surface area (Å²) in [5.41, 5.74) is 0. The van der Waals surface area contributed by atoms with Crippen molar-refractivity contribution in [2.24, 2.45) is 0 Å². The Kier molecular flexibility index (Phi) is 3.42. The van der Waals surface area contributed by atoms with Crippen molar-refractivity contribution in [1.29, 1.82) is 0 Å². The molecule has 0 unspecified atom stereocenters. The molecule has 0 saturated heterocycles. The van der Waals surface area contributed by atoms with Gasteiger partial charge in [-0.25, -0.2) is 8.42 Å².